The van der Waals surface area contributed by atoms with Crippen molar-refractivity contribution in [2.45, 2.75) is 83.5 Å². The van der Waals surface area contributed by atoms with Crippen LogP contribution in [0.4, 0.5) is 0 Å². The van der Waals surface area contributed by atoms with E-state index < -0.39 is 24.3 Å². The molecule has 2 bridgehead atoms. The topological polar surface area (TPSA) is 87.0 Å². The van der Waals surface area contributed by atoms with E-state index in [0.29, 0.717) is 6.42 Å². The summed E-state index contributed by atoms with van der Waals surface area (Å²) in [5.74, 6) is 1.81. The Morgan fingerprint density at radius 3 is 2.72 bits per heavy atom. The largest absolute Gasteiger partial charge is 0.456 e. The molecule has 1 aromatic rings. The van der Waals surface area contributed by atoms with Crippen molar-refractivity contribution in [3.8, 4) is 12.3 Å². The molecule has 2 rings (SSSR count). The standard InChI is InChI=1S/C27H38O5/c1-6-19-11-12-27(4,5)22-10-8-9-21(14-22)15-23(29)25(30)26(31)32-24(16-19)18(3)13-20(7-2)17-28/h1,8-10,13-14,19-20,23-25,28-30H,7,11-12,15-17H2,2-5H3/b18-13-/t19-,20+,23+,24?,25-/m0/s1. The summed E-state index contributed by atoms with van der Waals surface area (Å²) < 4.78 is 5.67. The summed E-state index contributed by atoms with van der Waals surface area (Å²) in [7, 11) is 0. The van der Waals surface area contributed by atoms with E-state index in [0.717, 1.165) is 36.0 Å². The lowest BCUT2D eigenvalue weighted by atomic mass is 9.77. The number of rotatable bonds is 4. The highest BCUT2D eigenvalue weighted by molar-refractivity contribution is 5.75. The van der Waals surface area contributed by atoms with E-state index in [9.17, 15) is 20.1 Å². The SMILES string of the molecule is C#C[C@H]1CCC(C)(C)c2cccc(c2)C[C@@H](O)[C@H](O)C(=O)OC(/C(C)=C\[C@@H](CC)CO)C1. The number of terminal acetylenes is 1. The quantitative estimate of drug-likeness (QED) is 0.377. The van der Waals surface area contributed by atoms with Gasteiger partial charge in [-0.1, -0.05) is 51.1 Å². The van der Waals surface area contributed by atoms with Gasteiger partial charge in [0.15, 0.2) is 6.10 Å². The van der Waals surface area contributed by atoms with Crippen molar-refractivity contribution in [2.24, 2.45) is 11.8 Å². The average Bonchev–Trinajstić information content (AvgIpc) is 2.78. The summed E-state index contributed by atoms with van der Waals surface area (Å²) in [5.41, 5.74) is 2.65. The summed E-state index contributed by atoms with van der Waals surface area (Å²) in [5, 5.41) is 30.6. The molecule has 1 heterocycles. The van der Waals surface area contributed by atoms with Crippen molar-refractivity contribution in [1.82, 2.24) is 0 Å². The number of fused-ring (bicyclic) bond motifs is 2. The Labute approximate surface area is 192 Å². The summed E-state index contributed by atoms with van der Waals surface area (Å²) in [6.07, 6.45) is 7.13. The maximum Gasteiger partial charge on any atom is 0.338 e. The van der Waals surface area contributed by atoms with Gasteiger partial charge in [0.2, 0.25) is 0 Å². The molecule has 1 aliphatic rings. The van der Waals surface area contributed by atoms with Crippen LogP contribution in [0.1, 0.15) is 64.5 Å². The van der Waals surface area contributed by atoms with Gasteiger partial charge in [-0.25, -0.2) is 4.79 Å². The van der Waals surface area contributed by atoms with Crippen molar-refractivity contribution in [2.75, 3.05) is 6.61 Å². The minimum Gasteiger partial charge on any atom is -0.456 e. The third-order valence-electron chi connectivity index (χ3n) is 6.64. The van der Waals surface area contributed by atoms with Crippen LogP contribution >= 0.6 is 0 Å². The van der Waals surface area contributed by atoms with Gasteiger partial charge < -0.3 is 20.1 Å². The summed E-state index contributed by atoms with van der Waals surface area (Å²) in [4.78, 5) is 12.7. The molecular formula is C27H38O5. The zero-order valence-corrected chi connectivity index (χ0v) is 19.8. The van der Waals surface area contributed by atoms with Crippen LogP contribution in [0.2, 0.25) is 0 Å². The number of cyclic esters (lactones) is 1. The first kappa shape index (κ1) is 26.1. The lowest BCUT2D eigenvalue weighted by Crippen LogP contribution is -2.39. The van der Waals surface area contributed by atoms with Crippen LogP contribution in [0.25, 0.3) is 0 Å². The number of carbonyl (C=O) groups is 1. The predicted octanol–water partition coefficient (Wildman–Crippen LogP) is 3.54. The molecule has 0 spiro atoms. The number of ether oxygens (including phenoxy) is 1. The van der Waals surface area contributed by atoms with Gasteiger partial charge in [0.1, 0.15) is 6.10 Å². The van der Waals surface area contributed by atoms with Crippen LogP contribution < -0.4 is 0 Å². The number of aliphatic hydroxyl groups excluding tert-OH is 3. The zero-order valence-electron chi connectivity index (χ0n) is 19.8. The maximum atomic E-state index is 12.7. The molecule has 0 radical (unpaired) electrons. The molecule has 3 N–H and O–H groups in total. The predicted molar refractivity (Wildman–Crippen MR) is 126 cm³/mol. The zero-order chi connectivity index (χ0) is 23.9. The van der Waals surface area contributed by atoms with Crippen molar-refractivity contribution in [3.63, 3.8) is 0 Å². The highest BCUT2D eigenvalue weighted by Gasteiger charge is 2.31. The van der Waals surface area contributed by atoms with Gasteiger partial charge in [0, 0.05) is 31.3 Å². The lowest BCUT2D eigenvalue weighted by Gasteiger charge is -2.30. The number of hydrogen-bond donors (Lipinski definition) is 3. The molecule has 0 aliphatic carbocycles. The van der Waals surface area contributed by atoms with E-state index in [1.165, 1.54) is 0 Å². The molecule has 5 atom stereocenters. The van der Waals surface area contributed by atoms with E-state index in [1.807, 2.05) is 38.1 Å². The Kier molecular flexibility index (Phi) is 9.51. The normalized spacial score (nSPS) is 28.2. The minimum atomic E-state index is -1.66. The van der Waals surface area contributed by atoms with Gasteiger partial charge >= 0.3 is 5.97 Å². The van der Waals surface area contributed by atoms with Crippen molar-refractivity contribution >= 4 is 5.97 Å². The first-order valence-electron chi connectivity index (χ1n) is 11.5. The maximum absolute atomic E-state index is 12.7. The fourth-order valence-corrected chi connectivity index (χ4v) is 4.15. The third-order valence-corrected chi connectivity index (χ3v) is 6.64. The number of hydrogen-bond acceptors (Lipinski definition) is 5. The first-order chi connectivity index (χ1) is 15.1. The molecule has 5 heteroatoms. The highest BCUT2D eigenvalue weighted by atomic mass is 16.6. The number of carbonyl (C=O) groups excluding carboxylic acids is 1. The Morgan fingerprint density at radius 2 is 2.09 bits per heavy atom. The number of aliphatic hydroxyl groups is 3. The van der Waals surface area contributed by atoms with Gasteiger partial charge in [-0.3, -0.25) is 0 Å². The van der Waals surface area contributed by atoms with Gasteiger partial charge in [-0.15, -0.1) is 12.3 Å². The summed E-state index contributed by atoms with van der Waals surface area (Å²) >= 11 is 0. The monoisotopic (exact) mass is 442 g/mol. The van der Waals surface area contributed by atoms with Crippen LogP contribution in [0.5, 0.6) is 0 Å². The third kappa shape index (κ3) is 6.93. The van der Waals surface area contributed by atoms with E-state index in [1.54, 1.807) is 0 Å². The molecule has 0 saturated carbocycles. The van der Waals surface area contributed by atoms with Crippen molar-refractivity contribution < 1.29 is 24.9 Å². The second-order valence-electron chi connectivity index (χ2n) is 9.63. The highest BCUT2D eigenvalue weighted by Crippen LogP contribution is 2.33. The fraction of sp³-hybridized carbons (Fsp3) is 0.593. The van der Waals surface area contributed by atoms with E-state index >= 15 is 0 Å². The summed E-state index contributed by atoms with van der Waals surface area (Å²) in [6, 6.07) is 7.90. The molecular weight excluding hydrogens is 404 g/mol. The summed E-state index contributed by atoms with van der Waals surface area (Å²) in [6.45, 7) is 8.18. The Morgan fingerprint density at radius 1 is 1.38 bits per heavy atom. The van der Waals surface area contributed by atoms with E-state index in [4.69, 9.17) is 11.2 Å². The Bertz CT molecular complexity index is 831. The smallest absolute Gasteiger partial charge is 0.338 e. The van der Waals surface area contributed by atoms with Crippen molar-refractivity contribution in [1.29, 1.82) is 0 Å². The first-order valence-corrected chi connectivity index (χ1v) is 11.5. The molecule has 0 saturated heterocycles. The van der Waals surface area contributed by atoms with Gasteiger partial charge in [0.05, 0.1) is 6.10 Å². The molecule has 0 fully saturated rings. The molecule has 176 valence electrons. The van der Waals surface area contributed by atoms with Gasteiger partial charge in [-0.2, -0.15) is 0 Å². The second-order valence-corrected chi connectivity index (χ2v) is 9.63. The van der Waals surface area contributed by atoms with Gasteiger partial charge in [0.25, 0.3) is 0 Å². The number of benzene rings is 1. The van der Waals surface area contributed by atoms with E-state index in [-0.39, 0.29) is 30.3 Å². The molecule has 1 aliphatic heterocycles. The minimum absolute atomic E-state index is 0.000341. The Balaban J connectivity index is 2.41. The lowest BCUT2D eigenvalue weighted by molar-refractivity contribution is -0.164. The van der Waals surface area contributed by atoms with Crippen LogP contribution in [-0.4, -0.2) is 46.2 Å². The molecule has 5 nitrogen and oxygen atoms in total. The average molecular weight is 443 g/mol. The molecule has 1 aromatic carbocycles. The molecule has 1 unspecified atom stereocenters. The fourth-order valence-electron chi connectivity index (χ4n) is 4.15. The molecule has 32 heavy (non-hydrogen) atoms. The van der Waals surface area contributed by atoms with Crippen LogP contribution in [0.3, 0.4) is 0 Å². The van der Waals surface area contributed by atoms with Crippen LogP contribution in [-0.2, 0) is 21.4 Å². The number of esters is 1. The van der Waals surface area contributed by atoms with Crippen molar-refractivity contribution in [3.05, 3.63) is 47.0 Å². The van der Waals surface area contributed by atoms with E-state index in [2.05, 4.69) is 25.8 Å². The molecule has 0 aromatic heterocycles. The second kappa shape index (κ2) is 11.7. The van der Waals surface area contributed by atoms with Crippen LogP contribution in [0, 0.1) is 24.2 Å². The van der Waals surface area contributed by atoms with Crippen LogP contribution in [0.15, 0.2) is 35.9 Å². The molecule has 0 amide bonds. The van der Waals surface area contributed by atoms with Gasteiger partial charge in [-0.05, 0) is 48.3 Å². The Hall–Kier alpha value is -2.13.